The number of carbonyl (C=O) groups is 2. The zero-order valence-electron chi connectivity index (χ0n) is 14.8. The van der Waals surface area contributed by atoms with Crippen LogP contribution in [0.5, 0.6) is 0 Å². The standard InChI is InChI=1S/C19H20F2N2O2S/c1-11-6-12(2)19(13(3)7-11)26-10-18(25)22-9-17(24)23-14-4-5-15(20)16(21)8-14/h4-8H,9-10H2,1-3H3,(H,22,25)(H,23,24). The van der Waals surface area contributed by atoms with Crippen molar-refractivity contribution >= 4 is 29.3 Å². The predicted molar refractivity (Wildman–Crippen MR) is 99.4 cm³/mol. The molecule has 4 nitrogen and oxygen atoms in total. The van der Waals surface area contributed by atoms with Crippen LogP contribution in [0.2, 0.25) is 0 Å². The van der Waals surface area contributed by atoms with Gasteiger partial charge in [0, 0.05) is 16.6 Å². The molecule has 0 saturated carbocycles. The minimum Gasteiger partial charge on any atom is -0.346 e. The molecule has 0 fully saturated rings. The summed E-state index contributed by atoms with van der Waals surface area (Å²) >= 11 is 1.41. The van der Waals surface area contributed by atoms with Gasteiger partial charge in [0.1, 0.15) is 0 Å². The van der Waals surface area contributed by atoms with Crippen molar-refractivity contribution in [1.29, 1.82) is 0 Å². The molecule has 7 heteroatoms. The molecule has 2 aromatic rings. The molecule has 2 rings (SSSR count). The Labute approximate surface area is 155 Å². The SMILES string of the molecule is Cc1cc(C)c(SCC(=O)NCC(=O)Nc2ccc(F)c(F)c2)c(C)c1. The Morgan fingerprint density at radius 2 is 1.62 bits per heavy atom. The summed E-state index contributed by atoms with van der Waals surface area (Å²) in [6.45, 7) is 5.77. The molecule has 0 bridgehead atoms. The summed E-state index contributed by atoms with van der Waals surface area (Å²) < 4.78 is 25.9. The largest absolute Gasteiger partial charge is 0.346 e. The van der Waals surface area contributed by atoms with Gasteiger partial charge in [-0.2, -0.15) is 0 Å². The van der Waals surface area contributed by atoms with E-state index in [0.29, 0.717) is 0 Å². The molecule has 2 amide bonds. The lowest BCUT2D eigenvalue weighted by Crippen LogP contribution is -2.33. The molecule has 138 valence electrons. The number of nitrogens with one attached hydrogen (secondary N) is 2. The van der Waals surface area contributed by atoms with E-state index < -0.39 is 17.5 Å². The summed E-state index contributed by atoms with van der Waals surface area (Å²) in [6, 6.07) is 7.17. The first-order chi connectivity index (χ1) is 12.3. The lowest BCUT2D eigenvalue weighted by Gasteiger charge is -2.11. The molecular formula is C19H20F2N2O2S. The highest BCUT2D eigenvalue weighted by Gasteiger charge is 2.10. The van der Waals surface area contributed by atoms with Crippen LogP contribution in [0.15, 0.2) is 35.2 Å². The molecule has 26 heavy (non-hydrogen) atoms. The van der Waals surface area contributed by atoms with Crippen molar-refractivity contribution in [1.82, 2.24) is 5.32 Å². The number of thioether (sulfide) groups is 1. The van der Waals surface area contributed by atoms with Gasteiger partial charge in [-0.05, 0) is 44.0 Å². The van der Waals surface area contributed by atoms with Gasteiger partial charge in [-0.15, -0.1) is 11.8 Å². The third-order valence-corrected chi connectivity index (χ3v) is 4.94. The molecule has 0 unspecified atom stereocenters. The fraction of sp³-hybridized carbons (Fsp3) is 0.263. The average molecular weight is 378 g/mol. The van der Waals surface area contributed by atoms with Crippen molar-refractivity contribution in [2.24, 2.45) is 0 Å². The van der Waals surface area contributed by atoms with Gasteiger partial charge in [0.2, 0.25) is 11.8 Å². The number of amides is 2. The lowest BCUT2D eigenvalue weighted by molar-refractivity contribution is -0.122. The number of aryl methyl sites for hydroxylation is 3. The van der Waals surface area contributed by atoms with Crippen LogP contribution in [0, 0.1) is 32.4 Å². The second kappa shape index (κ2) is 8.80. The third-order valence-electron chi connectivity index (χ3n) is 3.60. The van der Waals surface area contributed by atoms with E-state index in [9.17, 15) is 18.4 Å². The lowest BCUT2D eigenvalue weighted by atomic mass is 10.1. The van der Waals surface area contributed by atoms with Gasteiger partial charge in [0.25, 0.3) is 0 Å². The predicted octanol–water partition coefficient (Wildman–Crippen LogP) is 3.74. The van der Waals surface area contributed by atoms with Crippen molar-refractivity contribution < 1.29 is 18.4 Å². The van der Waals surface area contributed by atoms with Gasteiger partial charge in [-0.1, -0.05) is 17.7 Å². The van der Waals surface area contributed by atoms with Gasteiger partial charge >= 0.3 is 0 Å². The van der Waals surface area contributed by atoms with Crippen molar-refractivity contribution in [3.8, 4) is 0 Å². The summed E-state index contributed by atoms with van der Waals surface area (Å²) in [7, 11) is 0. The molecule has 0 radical (unpaired) electrons. The zero-order valence-corrected chi connectivity index (χ0v) is 15.6. The van der Waals surface area contributed by atoms with Crippen LogP contribution in [0.1, 0.15) is 16.7 Å². The van der Waals surface area contributed by atoms with Crippen LogP contribution in [-0.2, 0) is 9.59 Å². The van der Waals surface area contributed by atoms with Gasteiger partial charge in [0.05, 0.1) is 12.3 Å². The number of benzene rings is 2. The van der Waals surface area contributed by atoms with Gasteiger partial charge < -0.3 is 10.6 Å². The van der Waals surface area contributed by atoms with E-state index in [1.807, 2.05) is 20.8 Å². The second-order valence-corrected chi connectivity index (χ2v) is 6.96. The number of anilines is 1. The summed E-state index contributed by atoms with van der Waals surface area (Å²) in [5.41, 5.74) is 3.51. The van der Waals surface area contributed by atoms with Crippen molar-refractivity contribution in [3.05, 3.63) is 58.7 Å². The Morgan fingerprint density at radius 3 is 2.23 bits per heavy atom. The van der Waals surface area contributed by atoms with E-state index in [4.69, 9.17) is 0 Å². The monoisotopic (exact) mass is 378 g/mol. The molecule has 0 aliphatic carbocycles. The molecule has 0 aromatic heterocycles. The van der Waals surface area contributed by atoms with Crippen LogP contribution in [0.4, 0.5) is 14.5 Å². The molecule has 0 spiro atoms. The molecule has 2 N–H and O–H groups in total. The van der Waals surface area contributed by atoms with Crippen LogP contribution < -0.4 is 10.6 Å². The summed E-state index contributed by atoms with van der Waals surface area (Å²) in [6.07, 6.45) is 0. The zero-order chi connectivity index (χ0) is 19.3. The highest BCUT2D eigenvalue weighted by molar-refractivity contribution is 8.00. The van der Waals surface area contributed by atoms with Gasteiger partial charge in [-0.25, -0.2) is 8.78 Å². The van der Waals surface area contributed by atoms with E-state index in [-0.39, 0.29) is 23.9 Å². The first kappa shape index (κ1) is 19.9. The Morgan fingerprint density at radius 1 is 0.962 bits per heavy atom. The van der Waals surface area contributed by atoms with Gasteiger partial charge in [0.15, 0.2) is 11.6 Å². The summed E-state index contributed by atoms with van der Waals surface area (Å²) in [5.74, 6) is -2.66. The minimum absolute atomic E-state index is 0.128. The average Bonchev–Trinajstić information content (AvgIpc) is 2.55. The number of halogens is 2. The van der Waals surface area contributed by atoms with E-state index in [2.05, 4.69) is 22.8 Å². The quantitative estimate of drug-likeness (QED) is 0.753. The molecule has 0 atom stereocenters. The molecule has 0 heterocycles. The van der Waals surface area contributed by atoms with Gasteiger partial charge in [-0.3, -0.25) is 9.59 Å². The molecule has 0 aliphatic heterocycles. The number of hydrogen-bond donors (Lipinski definition) is 2. The van der Waals surface area contributed by atoms with E-state index >= 15 is 0 Å². The third kappa shape index (κ3) is 5.56. The topological polar surface area (TPSA) is 58.2 Å². The Hall–Kier alpha value is -2.41. The van der Waals surface area contributed by atoms with Crippen LogP contribution in [0.25, 0.3) is 0 Å². The molecule has 0 aliphatic rings. The van der Waals surface area contributed by atoms with Crippen molar-refractivity contribution in [3.63, 3.8) is 0 Å². The normalized spacial score (nSPS) is 10.5. The summed E-state index contributed by atoms with van der Waals surface area (Å²) in [5, 5.41) is 4.91. The van der Waals surface area contributed by atoms with Crippen molar-refractivity contribution in [2.75, 3.05) is 17.6 Å². The second-order valence-electron chi connectivity index (χ2n) is 5.97. The number of hydrogen-bond acceptors (Lipinski definition) is 3. The van der Waals surface area contributed by atoms with E-state index in [0.717, 1.165) is 28.2 Å². The Bertz CT molecular complexity index is 817. The van der Waals surface area contributed by atoms with E-state index in [1.54, 1.807) is 0 Å². The van der Waals surface area contributed by atoms with Crippen molar-refractivity contribution in [2.45, 2.75) is 25.7 Å². The maximum absolute atomic E-state index is 13.1. The van der Waals surface area contributed by atoms with Crippen LogP contribution in [-0.4, -0.2) is 24.1 Å². The molecule has 2 aromatic carbocycles. The number of carbonyl (C=O) groups excluding carboxylic acids is 2. The summed E-state index contributed by atoms with van der Waals surface area (Å²) in [4.78, 5) is 24.8. The number of rotatable bonds is 6. The fourth-order valence-electron chi connectivity index (χ4n) is 2.54. The minimum atomic E-state index is -1.05. The first-order valence-electron chi connectivity index (χ1n) is 7.98. The highest BCUT2D eigenvalue weighted by Crippen LogP contribution is 2.27. The molecular weight excluding hydrogens is 358 g/mol. The Kier molecular flexibility index (Phi) is 6.74. The maximum Gasteiger partial charge on any atom is 0.243 e. The smallest absolute Gasteiger partial charge is 0.243 e. The van der Waals surface area contributed by atoms with E-state index in [1.165, 1.54) is 23.4 Å². The van der Waals surface area contributed by atoms with Crippen LogP contribution >= 0.6 is 11.8 Å². The first-order valence-corrected chi connectivity index (χ1v) is 8.97. The molecule has 0 saturated heterocycles. The fourth-order valence-corrected chi connectivity index (χ4v) is 3.49. The van der Waals surface area contributed by atoms with Crippen LogP contribution in [0.3, 0.4) is 0 Å². The highest BCUT2D eigenvalue weighted by atomic mass is 32.2. The Balaban J connectivity index is 1.81. The maximum atomic E-state index is 13.1.